The standard InChI is InChI=1S/C33H37N5O5/c1-21-29(24-19-27(32(40)43-4)31(39)37(2)20-24)36-38(25-13-9-6-10-14-25)30(21)35-33(41)34-28-18-22(15-16-42-3)17-26(28)23-11-7-5-8-12-23/h5-14,19-20,22,26,28H,15-18H2,1-4H3,(H2,34,35,41)/t22-,26-,28+/m0/s1. The van der Waals surface area contributed by atoms with Crippen LogP contribution in [0.15, 0.2) is 77.7 Å². The lowest BCUT2D eigenvalue weighted by Crippen LogP contribution is -2.40. The summed E-state index contributed by atoms with van der Waals surface area (Å²) in [7, 11) is 4.51. The summed E-state index contributed by atoms with van der Waals surface area (Å²) in [6, 6.07) is 20.9. The number of ether oxygens (including phenoxy) is 2. The minimum atomic E-state index is -0.728. The number of carbonyl (C=O) groups excluding carboxylic acids is 2. The average molecular weight is 584 g/mol. The van der Waals surface area contributed by atoms with Gasteiger partial charge < -0.3 is 19.4 Å². The van der Waals surface area contributed by atoms with Gasteiger partial charge in [-0.3, -0.25) is 10.1 Å². The normalized spacial score (nSPS) is 17.9. The first-order valence-corrected chi connectivity index (χ1v) is 14.4. The number of nitrogens with one attached hydrogen (secondary N) is 2. The number of carbonyl (C=O) groups is 2. The lowest BCUT2D eigenvalue weighted by Gasteiger charge is -2.22. The van der Waals surface area contributed by atoms with Crippen LogP contribution in [0.4, 0.5) is 10.6 Å². The highest BCUT2D eigenvalue weighted by atomic mass is 16.5. The van der Waals surface area contributed by atoms with E-state index < -0.39 is 11.5 Å². The number of methoxy groups -OCH3 is 2. The lowest BCUT2D eigenvalue weighted by molar-refractivity contribution is 0.0598. The monoisotopic (exact) mass is 583 g/mol. The van der Waals surface area contributed by atoms with Crippen LogP contribution in [0.3, 0.4) is 0 Å². The molecule has 0 bridgehead atoms. The van der Waals surface area contributed by atoms with Gasteiger partial charge in [0.25, 0.3) is 5.56 Å². The third-order valence-electron chi connectivity index (χ3n) is 8.15. The number of hydrogen-bond donors (Lipinski definition) is 2. The van der Waals surface area contributed by atoms with Crippen molar-refractivity contribution in [3.63, 3.8) is 0 Å². The zero-order chi connectivity index (χ0) is 30.5. The maximum atomic E-state index is 13.6. The lowest BCUT2D eigenvalue weighted by atomic mass is 9.93. The van der Waals surface area contributed by atoms with Crippen LogP contribution in [0, 0.1) is 12.8 Å². The zero-order valence-corrected chi connectivity index (χ0v) is 24.9. The van der Waals surface area contributed by atoms with Crippen LogP contribution < -0.4 is 16.2 Å². The van der Waals surface area contributed by atoms with Crippen LogP contribution in [-0.4, -0.2) is 53.2 Å². The summed E-state index contributed by atoms with van der Waals surface area (Å²) in [5, 5.41) is 11.1. The van der Waals surface area contributed by atoms with Gasteiger partial charge in [0.05, 0.1) is 18.5 Å². The van der Waals surface area contributed by atoms with E-state index in [2.05, 4.69) is 22.8 Å². The molecule has 3 atom stereocenters. The molecule has 1 aliphatic carbocycles. The molecule has 2 N–H and O–H groups in total. The Hall–Kier alpha value is -4.70. The molecule has 4 aromatic rings. The molecule has 43 heavy (non-hydrogen) atoms. The summed E-state index contributed by atoms with van der Waals surface area (Å²) in [5.74, 6) is 0.380. The fraction of sp³-hybridized carbons (Fsp3) is 0.333. The topological polar surface area (TPSA) is 116 Å². The third kappa shape index (κ3) is 6.39. The molecular formula is C33H37N5O5. The Bertz CT molecular complexity index is 1650. The Morgan fingerprint density at radius 3 is 2.40 bits per heavy atom. The molecule has 2 heterocycles. The van der Waals surface area contributed by atoms with Crippen LogP contribution in [0.25, 0.3) is 16.9 Å². The van der Waals surface area contributed by atoms with Gasteiger partial charge in [0.2, 0.25) is 0 Å². The summed E-state index contributed by atoms with van der Waals surface area (Å²) in [6.45, 7) is 2.54. The van der Waals surface area contributed by atoms with E-state index in [4.69, 9.17) is 14.6 Å². The number of aryl methyl sites for hydroxylation is 1. The number of pyridine rings is 1. The second kappa shape index (κ2) is 13.1. The molecule has 2 amide bonds. The zero-order valence-electron chi connectivity index (χ0n) is 24.9. The number of hydrogen-bond acceptors (Lipinski definition) is 6. The molecule has 0 unspecified atom stereocenters. The molecule has 5 rings (SSSR count). The van der Waals surface area contributed by atoms with E-state index in [-0.39, 0.29) is 23.6 Å². The number of para-hydroxylation sites is 1. The highest BCUT2D eigenvalue weighted by molar-refractivity contribution is 5.92. The first-order chi connectivity index (χ1) is 20.8. The van der Waals surface area contributed by atoms with Crippen LogP contribution in [0.1, 0.15) is 46.7 Å². The first kappa shape index (κ1) is 29.8. The van der Waals surface area contributed by atoms with E-state index in [1.165, 1.54) is 23.3 Å². The van der Waals surface area contributed by atoms with Crippen LogP contribution in [0.5, 0.6) is 0 Å². The molecule has 0 spiro atoms. The van der Waals surface area contributed by atoms with Gasteiger partial charge in [-0.25, -0.2) is 14.3 Å². The van der Waals surface area contributed by atoms with Gasteiger partial charge in [-0.2, -0.15) is 5.10 Å². The number of rotatable bonds is 9. The molecule has 1 saturated carbocycles. The number of urea groups is 1. The Labute approximate surface area is 250 Å². The third-order valence-corrected chi connectivity index (χ3v) is 8.15. The number of aromatic nitrogens is 3. The molecule has 10 heteroatoms. The maximum Gasteiger partial charge on any atom is 0.343 e. The molecule has 0 aliphatic heterocycles. The van der Waals surface area contributed by atoms with E-state index in [0.29, 0.717) is 35.2 Å². The smallest absolute Gasteiger partial charge is 0.343 e. The number of amides is 2. The van der Waals surface area contributed by atoms with Crippen molar-refractivity contribution in [2.45, 2.75) is 38.1 Å². The minimum absolute atomic E-state index is 0.0524. The molecule has 1 fully saturated rings. The van der Waals surface area contributed by atoms with Gasteiger partial charge in [0, 0.05) is 50.0 Å². The van der Waals surface area contributed by atoms with Crippen molar-refractivity contribution in [3.05, 3.63) is 100.0 Å². The quantitative estimate of drug-likeness (QED) is 0.266. The van der Waals surface area contributed by atoms with Gasteiger partial charge in [-0.15, -0.1) is 0 Å². The molecule has 2 aromatic carbocycles. The Morgan fingerprint density at radius 2 is 1.72 bits per heavy atom. The van der Waals surface area contributed by atoms with Gasteiger partial charge in [0.1, 0.15) is 11.4 Å². The summed E-state index contributed by atoms with van der Waals surface area (Å²) in [4.78, 5) is 38.6. The van der Waals surface area contributed by atoms with Gasteiger partial charge in [-0.05, 0) is 55.9 Å². The molecule has 224 valence electrons. The van der Waals surface area contributed by atoms with Crippen LogP contribution >= 0.6 is 0 Å². The number of esters is 1. The average Bonchev–Trinajstić information content (AvgIpc) is 3.58. The van der Waals surface area contributed by atoms with E-state index in [9.17, 15) is 14.4 Å². The Balaban J connectivity index is 1.48. The van der Waals surface area contributed by atoms with Crippen molar-refractivity contribution in [3.8, 4) is 16.9 Å². The largest absolute Gasteiger partial charge is 0.465 e. The van der Waals surface area contributed by atoms with Gasteiger partial charge in [-0.1, -0.05) is 48.5 Å². The molecular weight excluding hydrogens is 546 g/mol. The Kier molecular flexibility index (Phi) is 9.06. The van der Waals surface area contributed by atoms with E-state index in [0.717, 1.165) is 24.9 Å². The first-order valence-electron chi connectivity index (χ1n) is 14.4. The number of benzene rings is 2. The van der Waals surface area contributed by atoms with Crippen molar-refractivity contribution in [1.29, 1.82) is 0 Å². The SMILES string of the molecule is COCC[C@@H]1C[C@@H](NC(=O)Nc2c(C)c(-c3cc(C(=O)OC)c(=O)n(C)c3)nn2-c2ccccc2)[C@H](c2ccccc2)C1. The molecule has 0 saturated heterocycles. The summed E-state index contributed by atoms with van der Waals surface area (Å²) in [5.41, 5.74) is 3.12. The van der Waals surface area contributed by atoms with E-state index in [1.807, 2.05) is 55.5 Å². The fourth-order valence-corrected chi connectivity index (χ4v) is 5.97. The molecule has 10 nitrogen and oxygen atoms in total. The number of nitrogens with zero attached hydrogens (tertiary/aromatic N) is 3. The second-order valence-electron chi connectivity index (χ2n) is 11.0. The summed E-state index contributed by atoms with van der Waals surface area (Å²) < 4.78 is 13.2. The van der Waals surface area contributed by atoms with Crippen molar-refractivity contribution in [1.82, 2.24) is 19.7 Å². The van der Waals surface area contributed by atoms with Crippen LogP contribution in [-0.2, 0) is 16.5 Å². The van der Waals surface area contributed by atoms with Gasteiger partial charge in [0.15, 0.2) is 0 Å². The maximum absolute atomic E-state index is 13.6. The highest BCUT2D eigenvalue weighted by Crippen LogP contribution is 2.40. The highest BCUT2D eigenvalue weighted by Gasteiger charge is 2.36. The van der Waals surface area contributed by atoms with Crippen LogP contribution in [0.2, 0.25) is 0 Å². The molecule has 1 aliphatic rings. The summed E-state index contributed by atoms with van der Waals surface area (Å²) >= 11 is 0. The van der Waals surface area contributed by atoms with E-state index >= 15 is 0 Å². The predicted molar refractivity (Wildman–Crippen MR) is 165 cm³/mol. The van der Waals surface area contributed by atoms with Crippen molar-refractivity contribution >= 4 is 17.8 Å². The second-order valence-corrected chi connectivity index (χ2v) is 11.0. The number of anilines is 1. The van der Waals surface area contributed by atoms with Gasteiger partial charge >= 0.3 is 12.0 Å². The Morgan fingerprint density at radius 1 is 1.02 bits per heavy atom. The predicted octanol–water partition coefficient (Wildman–Crippen LogP) is 5.05. The summed E-state index contributed by atoms with van der Waals surface area (Å²) in [6.07, 6.45) is 4.38. The molecule has 0 radical (unpaired) electrons. The molecule has 2 aromatic heterocycles. The van der Waals surface area contributed by atoms with Crippen molar-refractivity contribution in [2.24, 2.45) is 13.0 Å². The minimum Gasteiger partial charge on any atom is -0.465 e. The van der Waals surface area contributed by atoms with Crippen molar-refractivity contribution in [2.75, 3.05) is 26.1 Å². The fourth-order valence-electron chi connectivity index (χ4n) is 5.97. The van der Waals surface area contributed by atoms with E-state index in [1.54, 1.807) is 25.0 Å². The van der Waals surface area contributed by atoms with Crippen molar-refractivity contribution < 1.29 is 19.1 Å².